The highest BCUT2D eigenvalue weighted by molar-refractivity contribution is 6.48. The van der Waals surface area contributed by atoms with E-state index in [1.807, 2.05) is 0 Å². The van der Waals surface area contributed by atoms with E-state index in [4.69, 9.17) is 34.8 Å². The van der Waals surface area contributed by atoms with Gasteiger partial charge in [0.05, 0.1) is 20.6 Å². The molecule has 0 aromatic heterocycles. The summed E-state index contributed by atoms with van der Waals surface area (Å²) < 4.78 is 39.3. The highest BCUT2D eigenvalue weighted by atomic mass is 35.5. The van der Waals surface area contributed by atoms with Crippen LogP contribution in [0.2, 0.25) is 15.1 Å². The van der Waals surface area contributed by atoms with Crippen molar-refractivity contribution in [2.45, 2.75) is 13.1 Å². The average molecular weight is 340 g/mol. The maximum absolute atomic E-state index is 13.1. The third-order valence-electron chi connectivity index (χ3n) is 2.78. The molecule has 0 N–H and O–H groups in total. The highest BCUT2D eigenvalue weighted by Crippen LogP contribution is 2.41. The summed E-state index contributed by atoms with van der Waals surface area (Å²) >= 11 is 17.5. The predicted molar refractivity (Wildman–Crippen MR) is 76.6 cm³/mol. The van der Waals surface area contributed by atoms with Crippen molar-refractivity contribution in [1.29, 1.82) is 0 Å². The summed E-state index contributed by atoms with van der Waals surface area (Å²) in [4.78, 5) is 0. The summed E-state index contributed by atoms with van der Waals surface area (Å²) in [5.74, 6) is 0. The number of alkyl halides is 3. The Hall–Kier alpha value is -0.900. The summed E-state index contributed by atoms with van der Waals surface area (Å²) in [7, 11) is 0. The monoisotopic (exact) mass is 338 g/mol. The van der Waals surface area contributed by atoms with Crippen molar-refractivity contribution in [2.75, 3.05) is 0 Å². The van der Waals surface area contributed by atoms with Gasteiger partial charge in [0, 0.05) is 0 Å². The van der Waals surface area contributed by atoms with E-state index < -0.39 is 11.7 Å². The topological polar surface area (TPSA) is 0 Å². The molecule has 2 rings (SSSR count). The van der Waals surface area contributed by atoms with E-state index in [1.165, 1.54) is 18.2 Å². The minimum atomic E-state index is -4.46. The Balaban J connectivity index is 2.70. The van der Waals surface area contributed by atoms with E-state index >= 15 is 0 Å². The van der Waals surface area contributed by atoms with E-state index in [0.717, 1.165) is 6.07 Å². The molecule has 0 amide bonds. The first-order chi connectivity index (χ1) is 9.20. The molecule has 0 bridgehead atoms. The summed E-state index contributed by atoms with van der Waals surface area (Å²) in [6.45, 7) is 1.60. The van der Waals surface area contributed by atoms with Crippen molar-refractivity contribution in [1.82, 2.24) is 0 Å². The molecule has 0 saturated carbocycles. The molecule has 0 heterocycles. The van der Waals surface area contributed by atoms with Crippen LogP contribution in [0.1, 0.15) is 11.1 Å². The summed E-state index contributed by atoms with van der Waals surface area (Å²) in [6, 6.07) is 6.83. The molecular weight excluding hydrogens is 332 g/mol. The number of halogens is 6. The largest absolute Gasteiger partial charge is 0.417 e. The van der Waals surface area contributed by atoms with Crippen LogP contribution in [-0.2, 0) is 6.18 Å². The standard InChI is InChI=1S/C14H8Cl3F3/c1-7-2-3-9(10(4-7)14(18,19)20)8-5-11(15)13(17)12(16)6-8/h2-6H,1H3. The maximum atomic E-state index is 13.1. The second-order valence-electron chi connectivity index (χ2n) is 4.30. The zero-order valence-corrected chi connectivity index (χ0v) is 12.4. The Morgan fingerprint density at radius 2 is 1.45 bits per heavy atom. The molecule has 0 aliphatic heterocycles. The average Bonchev–Trinajstić information content (AvgIpc) is 2.34. The quantitative estimate of drug-likeness (QED) is 0.511. The predicted octanol–water partition coefficient (Wildman–Crippen LogP) is 6.64. The molecule has 6 heteroatoms. The molecule has 0 aliphatic carbocycles. The van der Waals surface area contributed by atoms with Gasteiger partial charge in [-0.2, -0.15) is 13.2 Å². The highest BCUT2D eigenvalue weighted by Gasteiger charge is 2.33. The van der Waals surface area contributed by atoms with Crippen LogP contribution in [-0.4, -0.2) is 0 Å². The van der Waals surface area contributed by atoms with Gasteiger partial charge in [-0.05, 0) is 36.2 Å². The fraction of sp³-hybridized carbons (Fsp3) is 0.143. The van der Waals surface area contributed by atoms with Crippen molar-refractivity contribution in [3.63, 3.8) is 0 Å². The fourth-order valence-corrected chi connectivity index (χ4v) is 2.45. The molecule has 0 nitrogen and oxygen atoms in total. The molecule has 0 unspecified atom stereocenters. The zero-order chi connectivity index (χ0) is 15.1. The van der Waals surface area contributed by atoms with Crippen molar-refractivity contribution < 1.29 is 13.2 Å². The molecule has 0 radical (unpaired) electrons. The second kappa shape index (κ2) is 5.47. The van der Waals surface area contributed by atoms with Crippen LogP contribution in [0.25, 0.3) is 11.1 Å². The van der Waals surface area contributed by atoms with E-state index in [-0.39, 0.29) is 26.2 Å². The van der Waals surface area contributed by atoms with E-state index in [1.54, 1.807) is 13.0 Å². The zero-order valence-electron chi connectivity index (χ0n) is 10.2. The molecule has 0 atom stereocenters. The van der Waals surface area contributed by atoms with Gasteiger partial charge in [0.25, 0.3) is 0 Å². The number of hydrogen-bond donors (Lipinski definition) is 0. The maximum Gasteiger partial charge on any atom is 0.417 e. The second-order valence-corrected chi connectivity index (χ2v) is 5.49. The third-order valence-corrected chi connectivity index (χ3v) is 3.97. The molecule has 2 aromatic rings. The normalized spacial score (nSPS) is 11.8. The van der Waals surface area contributed by atoms with Gasteiger partial charge in [-0.1, -0.05) is 52.5 Å². The molecular formula is C14H8Cl3F3. The number of aryl methyl sites for hydroxylation is 1. The van der Waals surface area contributed by atoms with Crippen LogP contribution in [0.3, 0.4) is 0 Å². The van der Waals surface area contributed by atoms with Crippen LogP contribution in [0.5, 0.6) is 0 Å². The Morgan fingerprint density at radius 3 is 1.95 bits per heavy atom. The van der Waals surface area contributed by atoms with Crippen LogP contribution >= 0.6 is 34.8 Å². The van der Waals surface area contributed by atoms with Gasteiger partial charge in [0.15, 0.2) is 0 Å². The number of rotatable bonds is 1. The molecule has 106 valence electrons. The van der Waals surface area contributed by atoms with E-state index in [2.05, 4.69) is 0 Å². The fourth-order valence-electron chi connectivity index (χ4n) is 1.86. The van der Waals surface area contributed by atoms with Crippen LogP contribution in [0, 0.1) is 6.92 Å². The van der Waals surface area contributed by atoms with Gasteiger partial charge in [0.2, 0.25) is 0 Å². The summed E-state index contributed by atoms with van der Waals surface area (Å²) in [5.41, 5.74) is 0.0829. The first-order valence-electron chi connectivity index (χ1n) is 5.53. The molecule has 2 aromatic carbocycles. The smallest absolute Gasteiger partial charge is 0.166 e. The summed E-state index contributed by atoms with van der Waals surface area (Å²) in [5, 5.41) is 0.350. The molecule has 0 fully saturated rings. The number of benzene rings is 2. The number of hydrogen-bond acceptors (Lipinski definition) is 0. The van der Waals surface area contributed by atoms with Crippen LogP contribution < -0.4 is 0 Å². The van der Waals surface area contributed by atoms with Gasteiger partial charge >= 0.3 is 6.18 Å². The van der Waals surface area contributed by atoms with Gasteiger partial charge in [-0.25, -0.2) is 0 Å². The van der Waals surface area contributed by atoms with Gasteiger partial charge in [-0.15, -0.1) is 0 Å². The summed E-state index contributed by atoms with van der Waals surface area (Å²) in [6.07, 6.45) is -4.46. The first-order valence-corrected chi connectivity index (χ1v) is 6.66. The first kappa shape index (κ1) is 15.5. The lowest BCUT2D eigenvalue weighted by Gasteiger charge is -2.15. The Bertz CT molecular complexity index is 640. The Morgan fingerprint density at radius 1 is 0.900 bits per heavy atom. The van der Waals surface area contributed by atoms with Crippen molar-refractivity contribution >= 4 is 34.8 Å². The Labute approximate surface area is 129 Å². The molecule has 0 aliphatic rings. The SMILES string of the molecule is Cc1ccc(-c2cc(Cl)c(Cl)c(Cl)c2)c(C(F)(F)F)c1. The van der Waals surface area contributed by atoms with Crippen LogP contribution in [0.4, 0.5) is 13.2 Å². The lowest BCUT2D eigenvalue weighted by molar-refractivity contribution is -0.137. The van der Waals surface area contributed by atoms with E-state index in [0.29, 0.717) is 5.56 Å². The van der Waals surface area contributed by atoms with Crippen LogP contribution in [0.15, 0.2) is 30.3 Å². The van der Waals surface area contributed by atoms with Crippen molar-refractivity contribution in [3.8, 4) is 11.1 Å². The third kappa shape index (κ3) is 3.05. The Kier molecular flexibility index (Phi) is 4.24. The van der Waals surface area contributed by atoms with E-state index in [9.17, 15) is 13.2 Å². The van der Waals surface area contributed by atoms with Gasteiger partial charge in [0.1, 0.15) is 0 Å². The molecule has 0 spiro atoms. The van der Waals surface area contributed by atoms with Gasteiger partial charge < -0.3 is 0 Å². The van der Waals surface area contributed by atoms with Crippen molar-refractivity contribution in [2.24, 2.45) is 0 Å². The minimum absolute atomic E-state index is 0.0172. The molecule has 20 heavy (non-hydrogen) atoms. The lowest BCUT2D eigenvalue weighted by Crippen LogP contribution is -2.07. The van der Waals surface area contributed by atoms with Gasteiger partial charge in [-0.3, -0.25) is 0 Å². The lowest BCUT2D eigenvalue weighted by atomic mass is 9.97. The van der Waals surface area contributed by atoms with Crippen molar-refractivity contribution in [3.05, 3.63) is 56.5 Å². The molecule has 0 saturated heterocycles. The minimum Gasteiger partial charge on any atom is -0.166 e.